The first-order valence-electron chi connectivity index (χ1n) is 7.83. The first-order chi connectivity index (χ1) is 12.9. The number of benzene rings is 1. The van der Waals surface area contributed by atoms with E-state index in [4.69, 9.17) is 0 Å². The molecule has 0 aliphatic carbocycles. The number of thioether (sulfide) groups is 1. The maximum atomic E-state index is 12.0. The molecule has 0 spiro atoms. The van der Waals surface area contributed by atoms with Gasteiger partial charge >= 0.3 is 5.97 Å². The summed E-state index contributed by atoms with van der Waals surface area (Å²) in [4.78, 5) is 53.1. The molecule has 27 heavy (non-hydrogen) atoms. The third-order valence-corrected chi connectivity index (χ3v) is 4.20. The Kier molecular flexibility index (Phi) is 7.12. The topological polar surface area (TPSA) is 130 Å². The largest absolute Gasteiger partial charge is 0.465 e. The summed E-state index contributed by atoms with van der Waals surface area (Å²) in [5.41, 5.74) is 0.812. The Balaban J connectivity index is 1.94. The number of likely N-dealkylation sites (N-methyl/N-ethyl adjacent to an activating group) is 1. The van der Waals surface area contributed by atoms with E-state index in [-0.39, 0.29) is 29.1 Å². The predicted octanol–water partition coefficient (Wildman–Crippen LogP) is 0.576. The molecular weight excluding hydrogens is 372 g/mol. The van der Waals surface area contributed by atoms with Gasteiger partial charge in [0.1, 0.15) is 0 Å². The van der Waals surface area contributed by atoms with E-state index in [1.54, 1.807) is 12.1 Å². The number of hydrogen-bond donors (Lipinski definition) is 3. The number of hydrogen-bond acceptors (Lipinski definition) is 7. The highest BCUT2D eigenvalue weighted by Gasteiger charge is 2.10. The van der Waals surface area contributed by atoms with E-state index in [2.05, 4.69) is 25.3 Å². The molecule has 0 bridgehead atoms. The van der Waals surface area contributed by atoms with Crippen molar-refractivity contribution in [2.75, 3.05) is 25.2 Å². The number of nitrogens with zero attached hydrogens (tertiary/aromatic N) is 1. The number of nitrogens with one attached hydrogen (secondary N) is 3. The minimum atomic E-state index is -0.463. The number of aromatic nitrogens is 2. The number of ether oxygens (including phenoxy) is 1. The number of H-pyrrole nitrogens is 1. The highest BCUT2D eigenvalue weighted by Crippen LogP contribution is 2.14. The summed E-state index contributed by atoms with van der Waals surface area (Å²) in [6.45, 7) is 0. The van der Waals surface area contributed by atoms with E-state index in [1.165, 1.54) is 32.4 Å². The van der Waals surface area contributed by atoms with E-state index in [1.807, 2.05) is 0 Å². The van der Waals surface area contributed by atoms with Gasteiger partial charge in [-0.1, -0.05) is 11.8 Å². The molecule has 2 rings (SSSR count). The van der Waals surface area contributed by atoms with Crippen molar-refractivity contribution in [1.82, 2.24) is 15.3 Å². The SMILES string of the molecule is CNC(=O)Cc1cc(=O)[nH]c(SCC(=O)Nc2ccc(C(=O)OC)cc2)n1. The second-order valence-electron chi connectivity index (χ2n) is 5.30. The lowest BCUT2D eigenvalue weighted by atomic mass is 10.2. The van der Waals surface area contributed by atoms with Crippen LogP contribution in [0.5, 0.6) is 0 Å². The van der Waals surface area contributed by atoms with Crippen LogP contribution in [0.4, 0.5) is 5.69 Å². The molecule has 0 radical (unpaired) electrons. The van der Waals surface area contributed by atoms with Crippen LogP contribution in [-0.4, -0.2) is 47.7 Å². The Hall–Kier alpha value is -3.14. The average molecular weight is 390 g/mol. The molecule has 3 N–H and O–H groups in total. The quantitative estimate of drug-likeness (QED) is 0.358. The van der Waals surface area contributed by atoms with E-state index in [0.29, 0.717) is 16.9 Å². The standard InChI is InChI=1S/C17H18N4O5S/c1-18-13(22)7-12-8-14(23)21-17(20-12)27-9-15(24)19-11-5-3-10(4-6-11)16(25)26-2/h3-6,8H,7,9H2,1-2H3,(H,18,22)(H,19,24)(H,20,21,23). The molecule has 1 aromatic carbocycles. The molecule has 1 heterocycles. The highest BCUT2D eigenvalue weighted by atomic mass is 32.2. The fourth-order valence-electron chi connectivity index (χ4n) is 2.03. The molecule has 0 atom stereocenters. The molecule has 0 fully saturated rings. The summed E-state index contributed by atoms with van der Waals surface area (Å²) in [5, 5.41) is 5.37. The lowest BCUT2D eigenvalue weighted by molar-refractivity contribution is -0.120. The minimum Gasteiger partial charge on any atom is -0.465 e. The molecule has 1 aromatic heterocycles. The molecule has 2 aromatic rings. The van der Waals surface area contributed by atoms with Crippen LogP contribution >= 0.6 is 11.8 Å². The molecule has 0 saturated heterocycles. The van der Waals surface area contributed by atoms with Gasteiger partial charge in [-0.25, -0.2) is 9.78 Å². The molecule has 0 saturated carbocycles. The number of esters is 1. The lowest BCUT2D eigenvalue weighted by Gasteiger charge is -2.06. The van der Waals surface area contributed by atoms with Crippen molar-refractivity contribution in [3.63, 3.8) is 0 Å². The van der Waals surface area contributed by atoms with Crippen LogP contribution in [0.25, 0.3) is 0 Å². The smallest absolute Gasteiger partial charge is 0.337 e. The van der Waals surface area contributed by atoms with Gasteiger partial charge in [-0.2, -0.15) is 0 Å². The molecule has 0 unspecified atom stereocenters. The maximum Gasteiger partial charge on any atom is 0.337 e. The summed E-state index contributed by atoms with van der Waals surface area (Å²) < 4.78 is 4.60. The highest BCUT2D eigenvalue weighted by molar-refractivity contribution is 7.99. The molecule has 9 nitrogen and oxygen atoms in total. The molecule has 0 aliphatic heterocycles. The Bertz CT molecular complexity index is 895. The van der Waals surface area contributed by atoms with Crippen molar-refractivity contribution in [3.8, 4) is 0 Å². The lowest BCUT2D eigenvalue weighted by Crippen LogP contribution is -2.22. The number of carbonyl (C=O) groups excluding carboxylic acids is 3. The van der Waals surface area contributed by atoms with Crippen LogP contribution < -0.4 is 16.2 Å². The van der Waals surface area contributed by atoms with Gasteiger partial charge < -0.3 is 20.4 Å². The van der Waals surface area contributed by atoms with Gasteiger partial charge in [0.15, 0.2) is 5.16 Å². The van der Waals surface area contributed by atoms with Gasteiger partial charge in [-0.05, 0) is 24.3 Å². The summed E-state index contributed by atoms with van der Waals surface area (Å²) in [6, 6.07) is 7.48. The monoisotopic (exact) mass is 390 g/mol. The predicted molar refractivity (Wildman–Crippen MR) is 99.8 cm³/mol. The van der Waals surface area contributed by atoms with Gasteiger partial charge in [-0.15, -0.1) is 0 Å². The van der Waals surface area contributed by atoms with Crippen LogP contribution in [-0.2, 0) is 20.7 Å². The number of anilines is 1. The third-order valence-electron chi connectivity index (χ3n) is 3.32. The molecule has 2 amide bonds. The Morgan fingerprint density at radius 1 is 1.19 bits per heavy atom. The second kappa shape index (κ2) is 9.53. The van der Waals surface area contributed by atoms with Gasteiger partial charge in [0.25, 0.3) is 5.56 Å². The maximum absolute atomic E-state index is 12.0. The van der Waals surface area contributed by atoms with Gasteiger partial charge in [0.05, 0.1) is 30.5 Å². The van der Waals surface area contributed by atoms with Crippen LogP contribution in [0.3, 0.4) is 0 Å². The van der Waals surface area contributed by atoms with Crippen LogP contribution in [0, 0.1) is 0 Å². The fraction of sp³-hybridized carbons (Fsp3) is 0.235. The van der Waals surface area contributed by atoms with Crippen molar-refractivity contribution in [3.05, 3.63) is 51.9 Å². The summed E-state index contributed by atoms with van der Waals surface area (Å²) in [6.07, 6.45) is -0.0211. The van der Waals surface area contributed by atoms with Crippen LogP contribution in [0.15, 0.2) is 40.3 Å². The Labute approximate surface area is 158 Å². The van der Waals surface area contributed by atoms with E-state index < -0.39 is 11.5 Å². The fourth-order valence-corrected chi connectivity index (χ4v) is 2.73. The molecule has 10 heteroatoms. The van der Waals surface area contributed by atoms with Crippen LogP contribution in [0.2, 0.25) is 0 Å². The minimum absolute atomic E-state index is 0.00508. The molecular formula is C17H18N4O5S. The van der Waals surface area contributed by atoms with Gasteiger partial charge in [0.2, 0.25) is 11.8 Å². The number of aromatic amines is 1. The zero-order valence-corrected chi connectivity index (χ0v) is 15.5. The van der Waals surface area contributed by atoms with E-state index >= 15 is 0 Å². The summed E-state index contributed by atoms with van der Waals surface area (Å²) >= 11 is 1.04. The second-order valence-corrected chi connectivity index (χ2v) is 6.26. The van der Waals surface area contributed by atoms with Gasteiger partial charge in [-0.3, -0.25) is 14.4 Å². The van der Waals surface area contributed by atoms with Crippen LogP contribution in [0.1, 0.15) is 16.1 Å². The summed E-state index contributed by atoms with van der Waals surface area (Å²) in [7, 11) is 2.78. The van der Waals surface area contributed by atoms with E-state index in [9.17, 15) is 19.2 Å². The Morgan fingerprint density at radius 3 is 2.52 bits per heavy atom. The molecule has 142 valence electrons. The zero-order valence-electron chi connectivity index (χ0n) is 14.7. The van der Waals surface area contributed by atoms with Crippen molar-refractivity contribution in [2.45, 2.75) is 11.6 Å². The zero-order chi connectivity index (χ0) is 19.8. The Morgan fingerprint density at radius 2 is 1.89 bits per heavy atom. The average Bonchev–Trinajstić information content (AvgIpc) is 2.65. The first kappa shape index (κ1) is 20.2. The number of amides is 2. The number of carbonyl (C=O) groups is 3. The normalized spacial score (nSPS) is 10.1. The van der Waals surface area contributed by atoms with Crippen molar-refractivity contribution in [2.24, 2.45) is 0 Å². The number of rotatable bonds is 7. The third kappa shape index (κ3) is 6.26. The van der Waals surface area contributed by atoms with Crippen molar-refractivity contribution >= 4 is 35.2 Å². The molecule has 0 aliphatic rings. The van der Waals surface area contributed by atoms with Crippen molar-refractivity contribution in [1.29, 1.82) is 0 Å². The first-order valence-corrected chi connectivity index (χ1v) is 8.81. The number of methoxy groups -OCH3 is 1. The van der Waals surface area contributed by atoms with E-state index in [0.717, 1.165) is 11.8 Å². The van der Waals surface area contributed by atoms with Gasteiger partial charge in [0, 0.05) is 18.8 Å². The van der Waals surface area contributed by atoms with Crippen molar-refractivity contribution < 1.29 is 19.1 Å². The summed E-state index contributed by atoms with van der Waals surface area (Å²) in [5.74, 6) is -1.04.